The van der Waals surface area contributed by atoms with Crippen molar-refractivity contribution in [3.8, 4) is 11.5 Å². The fourth-order valence-corrected chi connectivity index (χ4v) is 1.93. The Hall–Kier alpha value is -3.23. The maximum atomic E-state index is 12.8. The number of hydrogen-bond acceptors (Lipinski definition) is 5. The summed E-state index contributed by atoms with van der Waals surface area (Å²) in [5.41, 5.74) is 0.320. The number of rotatable bonds is 7. The van der Waals surface area contributed by atoms with Crippen LogP contribution in [0.2, 0.25) is 0 Å². The SMILES string of the molecule is COc1cc(C(=O)OCC(=O)Nc2ccc(F)cc2)ccc1OC(F)F. The molecule has 0 radical (unpaired) electrons. The van der Waals surface area contributed by atoms with Crippen LogP contribution in [0.5, 0.6) is 11.5 Å². The first-order chi connectivity index (χ1) is 12.4. The lowest BCUT2D eigenvalue weighted by Gasteiger charge is -2.11. The first kappa shape index (κ1) is 19.1. The van der Waals surface area contributed by atoms with E-state index >= 15 is 0 Å². The van der Waals surface area contributed by atoms with Crippen molar-refractivity contribution in [1.29, 1.82) is 0 Å². The van der Waals surface area contributed by atoms with Gasteiger partial charge in [-0.3, -0.25) is 4.79 Å². The second kappa shape index (κ2) is 8.75. The van der Waals surface area contributed by atoms with Gasteiger partial charge in [-0.2, -0.15) is 8.78 Å². The predicted octanol–water partition coefficient (Wildman–Crippen LogP) is 3.23. The van der Waals surface area contributed by atoms with E-state index in [0.29, 0.717) is 5.69 Å². The summed E-state index contributed by atoms with van der Waals surface area (Å²) in [4.78, 5) is 23.7. The zero-order chi connectivity index (χ0) is 19.1. The van der Waals surface area contributed by atoms with Gasteiger partial charge in [0.05, 0.1) is 12.7 Å². The summed E-state index contributed by atoms with van der Waals surface area (Å²) >= 11 is 0. The third-order valence-electron chi connectivity index (χ3n) is 3.08. The number of amides is 1. The van der Waals surface area contributed by atoms with Gasteiger partial charge in [-0.15, -0.1) is 0 Å². The molecule has 2 aromatic rings. The van der Waals surface area contributed by atoms with Gasteiger partial charge in [0.2, 0.25) is 0 Å². The van der Waals surface area contributed by atoms with E-state index in [-0.39, 0.29) is 17.1 Å². The normalized spacial score (nSPS) is 10.3. The quantitative estimate of drug-likeness (QED) is 0.759. The largest absolute Gasteiger partial charge is 0.493 e. The molecule has 9 heteroatoms. The molecule has 0 aliphatic rings. The number of benzene rings is 2. The van der Waals surface area contributed by atoms with Gasteiger partial charge in [-0.05, 0) is 42.5 Å². The summed E-state index contributed by atoms with van der Waals surface area (Å²) in [7, 11) is 1.22. The summed E-state index contributed by atoms with van der Waals surface area (Å²) in [6.45, 7) is -3.63. The molecule has 138 valence electrons. The Morgan fingerprint density at radius 1 is 1.08 bits per heavy atom. The first-order valence-electron chi connectivity index (χ1n) is 7.24. The van der Waals surface area contributed by atoms with Crippen LogP contribution in [0.3, 0.4) is 0 Å². The van der Waals surface area contributed by atoms with Crippen molar-refractivity contribution in [1.82, 2.24) is 0 Å². The number of carbonyl (C=O) groups is 2. The molecule has 0 aromatic heterocycles. The number of methoxy groups -OCH3 is 1. The lowest BCUT2D eigenvalue weighted by atomic mass is 10.2. The molecule has 26 heavy (non-hydrogen) atoms. The first-order valence-corrected chi connectivity index (χ1v) is 7.24. The molecular formula is C17H14F3NO5. The lowest BCUT2D eigenvalue weighted by molar-refractivity contribution is -0.119. The molecular weight excluding hydrogens is 355 g/mol. The van der Waals surface area contributed by atoms with Gasteiger partial charge < -0.3 is 19.5 Å². The van der Waals surface area contributed by atoms with Crippen LogP contribution in [0, 0.1) is 5.82 Å². The number of hydrogen-bond donors (Lipinski definition) is 1. The van der Waals surface area contributed by atoms with E-state index in [9.17, 15) is 22.8 Å². The van der Waals surface area contributed by atoms with Gasteiger partial charge in [-0.1, -0.05) is 0 Å². The van der Waals surface area contributed by atoms with Crippen molar-refractivity contribution in [2.24, 2.45) is 0 Å². The minimum Gasteiger partial charge on any atom is -0.493 e. The van der Waals surface area contributed by atoms with E-state index in [2.05, 4.69) is 10.1 Å². The number of ether oxygens (including phenoxy) is 3. The molecule has 0 bridgehead atoms. The van der Waals surface area contributed by atoms with Crippen LogP contribution < -0.4 is 14.8 Å². The maximum Gasteiger partial charge on any atom is 0.387 e. The molecule has 0 atom stereocenters. The second-order valence-corrected chi connectivity index (χ2v) is 4.88. The monoisotopic (exact) mass is 369 g/mol. The molecule has 0 fully saturated rings. The number of alkyl halides is 2. The Morgan fingerprint density at radius 3 is 2.38 bits per heavy atom. The Bertz CT molecular complexity index is 780. The van der Waals surface area contributed by atoms with Crippen molar-refractivity contribution in [2.45, 2.75) is 6.61 Å². The second-order valence-electron chi connectivity index (χ2n) is 4.88. The van der Waals surface area contributed by atoms with Crippen molar-refractivity contribution in [3.05, 3.63) is 53.8 Å². The zero-order valence-electron chi connectivity index (χ0n) is 13.5. The van der Waals surface area contributed by atoms with Gasteiger partial charge in [-0.25, -0.2) is 9.18 Å². The number of carbonyl (C=O) groups excluding carboxylic acids is 2. The van der Waals surface area contributed by atoms with Crippen molar-refractivity contribution >= 4 is 17.6 Å². The lowest BCUT2D eigenvalue weighted by Crippen LogP contribution is -2.21. The highest BCUT2D eigenvalue weighted by molar-refractivity contribution is 5.95. The van der Waals surface area contributed by atoms with E-state index in [1.54, 1.807) is 0 Å². The number of halogens is 3. The van der Waals surface area contributed by atoms with Crippen LogP contribution in [0.25, 0.3) is 0 Å². The van der Waals surface area contributed by atoms with Gasteiger partial charge in [0.15, 0.2) is 18.1 Å². The molecule has 0 unspecified atom stereocenters. The molecule has 0 spiro atoms. The summed E-state index contributed by atoms with van der Waals surface area (Å²) in [6, 6.07) is 8.50. The van der Waals surface area contributed by atoms with Crippen LogP contribution in [0.1, 0.15) is 10.4 Å². The van der Waals surface area contributed by atoms with Crippen LogP contribution in [0.15, 0.2) is 42.5 Å². The van der Waals surface area contributed by atoms with E-state index < -0.39 is 30.9 Å². The van der Waals surface area contributed by atoms with Gasteiger partial charge in [0.1, 0.15) is 5.82 Å². The standard InChI is InChI=1S/C17H14F3NO5/c1-24-14-8-10(2-7-13(14)26-17(19)20)16(23)25-9-15(22)21-12-5-3-11(18)4-6-12/h2-8,17H,9H2,1H3,(H,21,22). The predicted molar refractivity (Wildman–Crippen MR) is 84.9 cm³/mol. The van der Waals surface area contributed by atoms with Crippen molar-refractivity contribution in [3.63, 3.8) is 0 Å². The smallest absolute Gasteiger partial charge is 0.387 e. The summed E-state index contributed by atoms with van der Waals surface area (Å²) in [5, 5.41) is 2.42. The van der Waals surface area contributed by atoms with Crippen LogP contribution >= 0.6 is 0 Å². The summed E-state index contributed by atoms with van der Waals surface area (Å²) < 4.78 is 51.3. The maximum absolute atomic E-state index is 12.8. The van der Waals surface area contributed by atoms with Gasteiger partial charge in [0, 0.05) is 5.69 Å². The molecule has 1 N–H and O–H groups in total. The molecule has 0 saturated carbocycles. The molecule has 1 amide bonds. The zero-order valence-corrected chi connectivity index (χ0v) is 13.5. The van der Waals surface area contributed by atoms with E-state index in [4.69, 9.17) is 9.47 Å². The Morgan fingerprint density at radius 2 is 1.77 bits per heavy atom. The van der Waals surface area contributed by atoms with Crippen LogP contribution in [-0.4, -0.2) is 32.2 Å². The highest BCUT2D eigenvalue weighted by atomic mass is 19.3. The third kappa shape index (κ3) is 5.40. The molecule has 0 aliphatic heterocycles. The van der Waals surface area contributed by atoms with Gasteiger partial charge in [0.25, 0.3) is 5.91 Å². The number of anilines is 1. The van der Waals surface area contributed by atoms with E-state index in [0.717, 1.165) is 24.3 Å². The summed E-state index contributed by atoms with van der Waals surface area (Å²) in [5.74, 6) is -2.28. The third-order valence-corrected chi connectivity index (χ3v) is 3.08. The molecule has 0 aliphatic carbocycles. The highest BCUT2D eigenvalue weighted by Crippen LogP contribution is 2.29. The molecule has 0 heterocycles. The minimum atomic E-state index is -3.04. The van der Waals surface area contributed by atoms with Crippen molar-refractivity contribution in [2.75, 3.05) is 19.0 Å². The Balaban J connectivity index is 1.94. The molecule has 6 nitrogen and oxygen atoms in total. The van der Waals surface area contributed by atoms with E-state index in [1.807, 2.05) is 0 Å². The van der Waals surface area contributed by atoms with Crippen LogP contribution in [-0.2, 0) is 9.53 Å². The van der Waals surface area contributed by atoms with Crippen molar-refractivity contribution < 1.29 is 37.0 Å². The molecule has 2 aromatic carbocycles. The fourth-order valence-electron chi connectivity index (χ4n) is 1.93. The number of esters is 1. The van der Waals surface area contributed by atoms with Gasteiger partial charge >= 0.3 is 12.6 Å². The number of nitrogens with one attached hydrogen (secondary N) is 1. The molecule has 2 rings (SSSR count). The average Bonchev–Trinajstić information content (AvgIpc) is 2.61. The Labute approximate surface area is 146 Å². The molecule has 0 saturated heterocycles. The average molecular weight is 369 g/mol. The Kier molecular flexibility index (Phi) is 6.42. The minimum absolute atomic E-state index is 0.0157. The summed E-state index contributed by atoms with van der Waals surface area (Å²) in [6.07, 6.45) is 0. The van der Waals surface area contributed by atoms with Crippen LogP contribution in [0.4, 0.5) is 18.9 Å². The fraction of sp³-hybridized carbons (Fsp3) is 0.176. The topological polar surface area (TPSA) is 73.9 Å². The van der Waals surface area contributed by atoms with E-state index in [1.165, 1.54) is 25.3 Å². The highest BCUT2D eigenvalue weighted by Gasteiger charge is 2.16.